The molecule has 1 aromatic carbocycles. The van der Waals surface area contributed by atoms with Gasteiger partial charge in [0.1, 0.15) is 6.04 Å². The number of nitrogens with zero attached hydrogens (tertiary/aromatic N) is 2. The van der Waals surface area contributed by atoms with Crippen molar-refractivity contribution >= 4 is 17.7 Å². The van der Waals surface area contributed by atoms with Gasteiger partial charge in [-0.25, -0.2) is 14.6 Å². The molecule has 1 aliphatic heterocycles. The molecule has 0 radical (unpaired) electrons. The number of carboxylic acids is 1. The molecule has 3 rings (SSSR count). The molecule has 0 saturated heterocycles. The molecule has 1 aliphatic rings. The molecule has 3 N–H and O–H groups in total. The van der Waals surface area contributed by atoms with E-state index in [0.717, 1.165) is 11.3 Å². The van der Waals surface area contributed by atoms with Crippen molar-refractivity contribution in [2.75, 3.05) is 5.32 Å². The minimum atomic E-state index is -1.03. The van der Waals surface area contributed by atoms with Crippen molar-refractivity contribution in [1.82, 2.24) is 14.9 Å². The van der Waals surface area contributed by atoms with Crippen LogP contribution < -0.4 is 5.32 Å². The zero-order chi connectivity index (χ0) is 15.7. The number of carboxylic acid groups (broad SMARTS) is 1. The summed E-state index contributed by atoms with van der Waals surface area (Å²) >= 11 is 0. The van der Waals surface area contributed by atoms with E-state index < -0.39 is 18.0 Å². The highest BCUT2D eigenvalue weighted by molar-refractivity contribution is 5.92. The maximum absolute atomic E-state index is 12.4. The summed E-state index contributed by atoms with van der Waals surface area (Å²) in [5, 5.41) is 12.1. The van der Waals surface area contributed by atoms with Gasteiger partial charge in [-0.15, -0.1) is 0 Å². The molecule has 0 spiro atoms. The van der Waals surface area contributed by atoms with E-state index in [9.17, 15) is 14.7 Å². The van der Waals surface area contributed by atoms with Crippen LogP contribution in [-0.2, 0) is 17.8 Å². The number of amides is 2. The Labute approximate surface area is 127 Å². The second kappa shape index (κ2) is 5.51. The van der Waals surface area contributed by atoms with Crippen LogP contribution in [-0.4, -0.2) is 38.0 Å². The summed E-state index contributed by atoms with van der Waals surface area (Å²) in [7, 11) is 0. The summed E-state index contributed by atoms with van der Waals surface area (Å²) in [4.78, 5) is 32.3. The Morgan fingerprint density at radius 3 is 3.00 bits per heavy atom. The van der Waals surface area contributed by atoms with Crippen molar-refractivity contribution in [2.24, 2.45) is 0 Å². The molecule has 2 aromatic rings. The number of anilines is 1. The molecule has 7 heteroatoms. The molecule has 114 valence electrons. The predicted octanol–water partition coefficient (Wildman–Crippen LogP) is 1.76. The van der Waals surface area contributed by atoms with E-state index in [1.165, 1.54) is 11.2 Å². The van der Waals surface area contributed by atoms with Crippen molar-refractivity contribution in [2.45, 2.75) is 25.9 Å². The number of carbonyl (C=O) groups excluding carboxylic acids is 1. The van der Waals surface area contributed by atoms with Crippen LogP contribution in [0.4, 0.5) is 10.5 Å². The molecule has 0 saturated carbocycles. The first-order valence-corrected chi connectivity index (χ1v) is 6.93. The standard InChI is InChI=1S/C15H16N4O3/c1-9-3-2-4-10(5-9)18-15(22)19-7-12-11(16-8-17-12)6-13(19)14(20)21/h2-5,8,13H,6-7H2,1H3,(H,16,17)(H,18,22)(H,20,21). The SMILES string of the molecule is Cc1cccc(NC(=O)N2Cc3[nH]cnc3CC2C(=O)O)c1. The fraction of sp³-hybridized carbons (Fsp3) is 0.267. The number of H-pyrrole nitrogens is 1. The van der Waals surface area contributed by atoms with Crippen LogP contribution in [0.25, 0.3) is 0 Å². The molecule has 2 heterocycles. The molecule has 7 nitrogen and oxygen atoms in total. The number of aromatic amines is 1. The Kier molecular flexibility index (Phi) is 3.54. The van der Waals surface area contributed by atoms with Crippen LogP contribution in [0.15, 0.2) is 30.6 Å². The van der Waals surface area contributed by atoms with E-state index >= 15 is 0 Å². The third kappa shape index (κ3) is 2.65. The van der Waals surface area contributed by atoms with Crippen molar-refractivity contribution in [1.29, 1.82) is 0 Å². The van der Waals surface area contributed by atoms with Gasteiger partial charge in [-0.05, 0) is 24.6 Å². The third-order valence-corrected chi connectivity index (χ3v) is 3.71. The molecular weight excluding hydrogens is 284 g/mol. The van der Waals surface area contributed by atoms with Crippen LogP contribution in [0, 0.1) is 6.92 Å². The number of aliphatic carboxylic acids is 1. The van der Waals surface area contributed by atoms with E-state index in [0.29, 0.717) is 11.4 Å². The lowest BCUT2D eigenvalue weighted by molar-refractivity contribution is -0.142. The van der Waals surface area contributed by atoms with Crippen molar-refractivity contribution in [3.63, 3.8) is 0 Å². The number of aryl methyl sites for hydroxylation is 1. The molecule has 1 atom stereocenters. The third-order valence-electron chi connectivity index (χ3n) is 3.71. The lowest BCUT2D eigenvalue weighted by Gasteiger charge is -2.32. The molecule has 2 amide bonds. The summed E-state index contributed by atoms with van der Waals surface area (Å²) < 4.78 is 0. The van der Waals surface area contributed by atoms with Gasteiger partial charge in [-0.2, -0.15) is 0 Å². The number of imidazole rings is 1. The Morgan fingerprint density at radius 2 is 2.27 bits per heavy atom. The second-order valence-corrected chi connectivity index (χ2v) is 5.31. The van der Waals surface area contributed by atoms with E-state index in [1.807, 2.05) is 25.1 Å². The van der Waals surface area contributed by atoms with Gasteiger partial charge in [0.15, 0.2) is 0 Å². The van der Waals surface area contributed by atoms with Gasteiger partial charge in [0.05, 0.1) is 24.3 Å². The number of hydrogen-bond acceptors (Lipinski definition) is 3. The quantitative estimate of drug-likeness (QED) is 0.787. The molecule has 0 bridgehead atoms. The summed E-state index contributed by atoms with van der Waals surface area (Å²) in [5.41, 5.74) is 3.13. The first-order valence-electron chi connectivity index (χ1n) is 6.93. The molecule has 1 unspecified atom stereocenters. The Morgan fingerprint density at radius 1 is 1.45 bits per heavy atom. The van der Waals surface area contributed by atoms with Gasteiger partial charge in [0.25, 0.3) is 0 Å². The number of carbonyl (C=O) groups is 2. The van der Waals surface area contributed by atoms with Crippen molar-refractivity contribution in [3.05, 3.63) is 47.5 Å². The fourth-order valence-corrected chi connectivity index (χ4v) is 2.59. The lowest BCUT2D eigenvalue weighted by atomic mass is 10.0. The van der Waals surface area contributed by atoms with Gasteiger partial charge in [0, 0.05) is 12.1 Å². The highest BCUT2D eigenvalue weighted by Crippen LogP contribution is 2.22. The highest BCUT2D eigenvalue weighted by atomic mass is 16.4. The second-order valence-electron chi connectivity index (χ2n) is 5.31. The molecule has 1 aromatic heterocycles. The molecule has 22 heavy (non-hydrogen) atoms. The largest absolute Gasteiger partial charge is 0.480 e. The average molecular weight is 300 g/mol. The first kappa shape index (κ1) is 14.1. The smallest absolute Gasteiger partial charge is 0.326 e. The Balaban J connectivity index is 1.82. The van der Waals surface area contributed by atoms with Crippen molar-refractivity contribution < 1.29 is 14.7 Å². The number of nitrogens with one attached hydrogen (secondary N) is 2. The van der Waals surface area contributed by atoms with Gasteiger partial charge in [0.2, 0.25) is 0 Å². The van der Waals surface area contributed by atoms with E-state index in [4.69, 9.17) is 0 Å². The number of fused-ring (bicyclic) bond motifs is 1. The number of urea groups is 1. The van der Waals surface area contributed by atoms with Crippen molar-refractivity contribution in [3.8, 4) is 0 Å². The lowest BCUT2D eigenvalue weighted by Crippen LogP contribution is -2.50. The van der Waals surface area contributed by atoms with Crippen LogP contribution in [0.1, 0.15) is 17.0 Å². The van der Waals surface area contributed by atoms with Crippen LogP contribution in [0.5, 0.6) is 0 Å². The zero-order valence-electron chi connectivity index (χ0n) is 12.0. The van der Waals surface area contributed by atoms with E-state index in [2.05, 4.69) is 15.3 Å². The number of benzene rings is 1. The topological polar surface area (TPSA) is 98.3 Å². The van der Waals surface area contributed by atoms with E-state index in [1.54, 1.807) is 6.07 Å². The summed E-state index contributed by atoms with van der Waals surface area (Å²) in [5.74, 6) is -1.03. The maximum atomic E-state index is 12.4. The zero-order valence-corrected chi connectivity index (χ0v) is 12.0. The molecule has 0 fully saturated rings. The number of aromatic nitrogens is 2. The first-order chi connectivity index (χ1) is 10.5. The number of hydrogen-bond donors (Lipinski definition) is 3. The summed E-state index contributed by atoms with van der Waals surface area (Å²) in [6.07, 6.45) is 1.72. The van der Waals surface area contributed by atoms with E-state index in [-0.39, 0.29) is 13.0 Å². The van der Waals surface area contributed by atoms with Gasteiger partial charge in [-0.1, -0.05) is 12.1 Å². The predicted molar refractivity (Wildman–Crippen MR) is 79.5 cm³/mol. The highest BCUT2D eigenvalue weighted by Gasteiger charge is 2.36. The molecule has 0 aliphatic carbocycles. The van der Waals surface area contributed by atoms with Crippen LogP contribution >= 0.6 is 0 Å². The molecular formula is C15H16N4O3. The fourth-order valence-electron chi connectivity index (χ4n) is 2.59. The van der Waals surface area contributed by atoms with Crippen LogP contribution in [0.2, 0.25) is 0 Å². The van der Waals surface area contributed by atoms with Gasteiger partial charge in [-0.3, -0.25) is 0 Å². The Hall–Kier alpha value is -2.83. The van der Waals surface area contributed by atoms with Gasteiger partial charge >= 0.3 is 12.0 Å². The maximum Gasteiger partial charge on any atom is 0.326 e. The number of rotatable bonds is 2. The summed E-state index contributed by atoms with van der Waals surface area (Å²) in [6, 6.07) is 6.01. The average Bonchev–Trinajstić information content (AvgIpc) is 2.93. The normalized spacial score (nSPS) is 17.0. The summed E-state index contributed by atoms with van der Waals surface area (Å²) in [6.45, 7) is 2.12. The van der Waals surface area contributed by atoms with Crippen LogP contribution in [0.3, 0.4) is 0 Å². The van der Waals surface area contributed by atoms with Gasteiger partial charge < -0.3 is 20.3 Å². The Bertz CT molecular complexity index is 725. The minimum absolute atomic E-state index is 0.198. The minimum Gasteiger partial charge on any atom is -0.480 e. The monoisotopic (exact) mass is 300 g/mol.